The highest BCUT2D eigenvalue weighted by molar-refractivity contribution is 6.21. The van der Waals surface area contributed by atoms with Crippen molar-refractivity contribution < 1.29 is 8.83 Å². The molecule has 0 spiro atoms. The van der Waals surface area contributed by atoms with Crippen molar-refractivity contribution in [2.75, 3.05) is 0 Å². The molecular formula is C75H60O2. The predicted molar refractivity (Wildman–Crippen MR) is 320 cm³/mol. The van der Waals surface area contributed by atoms with Gasteiger partial charge < -0.3 is 8.83 Å². The average molecular weight is 993 g/mol. The van der Waals surface area contributed by atoms with Gasteiger partial charge in [-0.2, -0.15) is 0 Å². The van der Waals surface area contributed by atoms with Crippen LogP contribution >= 0.6 is 0 Å². The van der Waals surface area contributed by atoms with Crippen LogP contribution < -0.4 is 0 Å². The molecule has 4 aliphatic rings. The first-order valence-electron chi connectivity index (χ1n) is 27.9. The molecule has 1 unspecified atom stereocenters. The summed E-state index contributed by atoms with van der Waals surface area (Å²) in [5.41, 5.74) is 31.6. The third-order valence-electron chi connectivity index (χ3n) is 19.5. The SMILES string of the molecule is CC1(C)c2cc(CC(Cc3ccc(-c4ccccc4)cc3)c3ccc4c(c3)C(C)(C)c3c5c(c6c(oc7ccccc76)c3-4)-c3ccccc3C5(C)C)ccc2-c2cc3c(cc21)-c1c(ccc2oc4ccccc4c12)C3(C)C. The minimum absolute atomic E-state index is 0.156. The highest BCUT2D eigenvalue weighted by Crippen LogP contribution is 2.64. The lowest BCUT2D eigenvalue weighted by atomic mass is 9.71. The first-order chi connectivity index (χ1) is 37.2. The van der Waals surface area contributed by atoms with Crippen LogP contribution in [-0.2, 0) is 34.5 Å². The molecule has 0 bridgehead atoms. The second kappa shape index (κ2) is 15.3. The summed E-state index contributed by atoms with van der Waals surface area (Å²) in [6, 6.07) is 71.0. The Balaban J connectivity index is 0.825. The van der Waals surface area contributed by atoms with E-state index in [4.69, 9.17) is 8.83 Å². The Bertz CT molecular complexity index is 4550. The first kappa shape index (κ1) is 45.0. The molecule has 2 nitrogen and oxygen atoms in total. The minimum Gasteiger partial charge on any atom is -0.456 e. The summed E-state index contributed by atoms with van der Waals surface area (Å²) in [7, 11) is 0. The molecule has 0 amide bonds. The summed E-state index contributed by atoms with van der Waals surface area (Å²) in [6.45, 7) is 19.5. The lowest BCUT2D eigenvalue weighted by Gasteiger charge is -2.31. The Kier molecular flexibility index (Phi) is 8.93. The molecule has 2 heterocycles. The highest BCUT2D eigenvalue weighted by atomic mass is 16.3. The lowest BCUT2D eigenvalue weighted by Crippen LogP contribution is -2.24. The van der Waals surface area contributed by atoms with E-state index in [1.54, 1.807) is 0 Å². The van der Waals surface area contributed by atoms with Gasteiger partial charge in [0.15, 0.2) is 0 Å². The quantitative estimate of drug-likeness (QED) is 0.166. The molecule has 0 saturated carbocycles. The maximum atomic E-state index is 7.08. The number of rotatable bonds is 6. The zero-order valence-corrected chi connectivity index (χ0v) is 45.2. The molecular weight excluding hydrogens is 933 g/mol. The fourth-order valence-corrected chi connectivity index (χ4v) is 15.6. The van der Waals surface area contributed by atoms with E-state index >= 15 is 0 Å². The monoisotopic (exact) mass is 992 g/mol. The van der Waals surface area contributed by atoms with Crippen molar-refractivity contribution in [3.05, 3.63) is 249 Å². The van der Waals surface area contributed by atoms with E-state index in [-0.39, 0.29) is 27.6 Å². The minimum atomic E-state index is -0.283. The molecule has 0 aliphatic heterocycles. The van der Waals surface area contributed by atoms with Crippen LogP contribution in [0.1, 0.15) is 123 Å². The highest BCUT2D eigenvalue weighted by Gasteiger charge is 2.49. The van der Waals surface area contributed by atoms with Gasteiger partial charge >= 0.3 is 0 Å². The number of furan rings is 2. The van der Waals surface area contributed by atoms with Crippen molar-refractivity contribution in [1.82, 2.24) is 0 Å². The zero-order valence-electron chi connectivity index (χ0n) is 45.2. The van der Waals surface area contributed by atoms with Crippen molar-refractivity contribution in [2.24, 2.45) is 0 Å². The topological polar surface area (TPSA) is 26.3 Å². The van der Waals surface area contributed by atoms with Gasteiger partial charge in [0.05, 0.1) is 0 Å². The van der Waals surface area contributed by atoms with Crippen LogP contribution in [0.2, 0.25) is 0 Å². The van der Waals surface area contributed by atoms with Gasteiger partial charge in [0.2, 0.25) is 0 Å². The summed E-state index contributed by atoms with van der Waals surface area (Å²) < 4.78 is 13.6. The van der Waals surface area contributed by atoms with E-state index in [0.29, 0.717) is 0 Å². The largest absolute Gasteiger partial charge is 0.456 e. The average Bonchev–Trinajstić information content (AvgIpc) is 3.99. The van der Waals surface area contributed by atoms with Gasteiger partial charge in [0.1, 0.15) is 22.3 Å². The van der Waals surface area contributed by atoms with Crippen LogP contribution in [-0.4, -0.2) is 0 Å². The normalized spacial score (nSPS) is 16.5. The Hall–Kier alpha value is -8.20. The number of fused-ring (bicyclic) bond motifs is 22. The van der Waals surface area contributed by atoms with Gasteiger partial charge in [0.25, 0.3) is 0 Å². The first-order valence-corrected chi connectivity index (χ1v) is 27.9. The van der Waals surface area contributed by atoms with E-state index in [1.165, 1.54) is 138 Å². The third kappa shape index (κ3) is 5.97. The molecule has 4 aliphatic carbocycles. The summed E-state index contributed by atoms with van der Waals surface area (Å²) >= 11 is 0. The smallest absolute Gasteiger partial charge is 0.144 e. The molecule has 1 atom stereocenters. The molecule has 2 aromatic heterocycles. The van der Waals surface area contributed by atoms with Crippen molar-refractivity contribution in [3.63, 3.8) is 0 Å². The van der Waals surface area contributed by atoms with Gasteiger partial charge in [-0.15, -0.1) is 0 Å². The number of hydrogen-bond acceptors (Lipinski definition) is 2. The van der Waals surface area contributed by atoms with Crippen molar-refractivity contribution in [2.45, 2.75) is 95.8 Å². The van der Waals surface area contributed by atoms with Crippen LogP contribution in [0.4, 0.5) is 0 Å². The molecule has 0 saturated heterocycles. The Morgan fingerprint density at radius 3 is 1.69 bits per heavy atom. The van der Waals surface area contributed by atoms with Crippen molar-refractivity contribution >= 4 is 43.9 Å². The van der Waals surface area contributed by atoms with Crippen LogP contribution in [0.5, 0.6) is 0 Å². The second-order valence-corrected chi connectivity index (χ2v) is 25.1. The molecule has 372 valence electrons. The number of para-hydroxylation sites is 2. The summed E-state index contributed by atoms with van der Waals surface area (Å²) in [5, 5.41) is 4.87. The van der Waals surface area contributed by atoms with Crippen LogP contribution in [0, 0.1) is 0 Å². The van der Waals surface area contributed by atoms with Gasteiger partial charge in [-0.1, -0.05) is 213 Å². The molecule has 2 heteroatoms. The number of hydrogen-bond donors (Lipinski definition) is 0. The van der Waals surface area contributed by atoms with E-state index in [2.05, 4.69) is 243 Å². The summed E-state index contributed by atoms with van der Waals surface area (Å²) in [6.07, 6.45) is 1.84. The Labute approximate surface area is 451 Å². The summed E-state index contributed by atoms with van der Waals surface area (Å²) in [5.74, 6) is 0.221. The standard InChI is InChI=1S/C75H60O2/c1-72(2)56-34-35-63-65(51-21-13-16-24-61(51)76-63)64(56)54-41-59-53(40-60(54)72)48-32-28-43(38-57(48)73(59,3)4)37-47(36-42-26-29-45(30-27-42)44-18-10-9-11-19-44)46-31-33-50-58(39-46)75(7,8)70-68(50)71-67(52-22-14-17-25-62(52)77-71)66-49-20-12-15-23-55(49)74(5,6)69(66)70/h9-35,38-41,47H,36-37H2,1-8H3. The van der Waals surface area contributed by atoms with Gasteiger partial charge in [-0.3, -0.25) is 0 Å². The van der Waals surface area contributed by atoms with E-state index in [9.17, 15) is 0 Å². The van der Waals surface area contributed by atoms with E-state index in [1.807, 2.05) is 0 Å². The third-order valence-corrected chi connectivity index (χ3v) is 19.5. The maximum absolute atomic E-state index is 7.08. The van der Waals surface area contributed by atoms with Crippen LogP contribution in [0.25, 0.3) is 99.5 Å². The molecule has 0 N–H and O–H groups in total. The fraction of sp³-hybridized carbons (Fsp3) is 0.200. The molecule has 77 heavy (non-hydrogen) atoms. The van der Waals surface area contributed by atoms with Crippen LogP contribution in [0.3, 0.4) is 0 Å². The molecule has 12 aromatic rings. The molecule has 0 fully saturated rings. The predicted octanol–water partition coefficient (Wildman–Crippen LogP) is 19.9. The van der Waals surface area contributed by atoms with Gasteiger partial charge in [-0.25, -0.2) is 0 Å². The van der Waals surface area contributed by atoms with E-state index in [0.717, 1.165) is 35.2 Å². The summed E-state index contributed by atoms with van der Waals surface area (Å²) in [4.78, 5) is 0. The van der Waals surface area contributed by atoms with Crippen LogP contribution in [0.15, 0.2) is 197 Å². The Morgan fingerprint density at radius 1 is 0.338 bits per heavy atom. The second-order valence-electron chi connectivity index (χ2n) is 25.1. The molecule has 16 rings (SSSR count). The van der Waals surface area contributed by atoms with Crippen molar-refractivity contribution in [1.29, 1.82) is 0 Å². The molecule has 0 radical (unpaired) electrons. The lowest BCUT2D eigenvalue weighted by molar-refractivity contribution is 0.598. The van der Waals surface area contributed by atoms with Gasteiger partial charge in [-0.05, 0) is 160 Å². The molecule has 10 aromatic carbocycles. The van der Waals surface area contributed by atoms with Crippen molar-refractivity contribution in [3.8, 4) is 55.6 Å². The maximum Gasteiger partial charge on any atom is 0.144 e. The number of benzene rings is 10. The van der Waals surface area contributed by atoms with E-state index < -0.39 is 0 Å². The Morgan fingerprint density at radius 2 is 0.896 bits per heavy atom. The fourth-order valence-electron chi connectivity index (χ4n) is 15.6. The zero-order chi connectivity index (χ0) is 52.1. The van der Waals surface area contributed by atoms with Gasteiger partial charge in [0, 0.05) is 48.8 Å².